The van der Waals surface area contributed by atoms with E-state index in [1.54, 1.807) is 26.4 Å². The molecule has 6 heteroatoms. The molecule has 27 heavy (non-hydrogen) atoms. The molecule has 2 amide bonds. The van der Waals surface area contributed by atoms with E-state index in [0.717, 1.165) is 5.69 Å². The summed E-state index contributed by atoms with van der Waals surface area (Å²) in [7, 11) is 3.13. The molecule has 0 saturated heterocycles. The predicted octanol–water partition coefficient (Wildman–Crippen LogP) is 2.92. The lowest BCUT2D eigenvalue weighted by atomic mass is 10.0. The van der Waals surface area contributed by atoms with Crippen molar-refractivity contribution >= 4 is 23.1 Å². The summed E-state index contributed by atoms with van der Waals surface area (Å²) in [5.41, 5.74) is 1.90. The average molecular weight is 366 g/mol. The van der Waals surface area contributed by atoms with Crippen molar-refractivity contribution in [1.82, 2.24) is 4.90 Å². The van der Waals surface area contributed by atoms with Crippen LogP contribution in [0.15, 0.2) is 60.3 Å². The molecule has 2 aromatic carbocycles. The van der Waals surface area contributed by atoms with Gasteiger partial charge in [-0.3, -0.25) is 14.5 Å². The van der Waals surface area contributed by atoms with Crippen LogP contribution in [0, 0.1) is 0 Å². The highest BCUT2D eigenvalue weighted by Crippen LogP contribution is 2.35. The Labute approximate surface area is 158 Å². The first-order valence-corrected chi connectivity index (χ1v) is 8.72. The first kappa shape index (κ1) is 18.7. The third-order valence-corrected chi connectivity index (χ3v) is 4.32. The Kier molecular flexibility index (Phi) is 5.88. The van der Waals surface area contributed by atoms with Gasteiger partial charge in [-0.15, -0.1) is 0 Å². The number of nitrogens with zero attached hydrogens (tertiary/aromatic N) is 1. The Balaban J connectivity index is 2.03. The first-order valence-electron chi connectivity index (χ1n) is 8.72. The molecule has 0 aromatic heterocycles. The SMILES string of the molecule is COCCCN1C(=O)C(Nc2ccccc2)=C(c2ccccc2OC)C1=O. The number of anilines is 1. The third kappa shape index (κ3) is 3.85. The van der Waals surface area contributed by atoms with Gasteiger partial charge in [-0.05, 0) is 24.6 Å². The van der Waals surface area contributed by atoms with Crippen LogP contribution in [0.3, 0.4) is 0 Å². The van der Waals surface area contributed by atoms with E-state index in [1.165, 1.54) is 4.90 Å². The van der Waals surface area contributed by atoms with E-state index in [9.17, 15) is 9.59 Å². The normalized spacial score (nSPS) is 14.1. The van der Waals surface area contributed by atoms with E-state index in [1.807, 2.05) is 42.5 Å². The molecule has 1 heterocycles. The van der Waals surface area contributed by atoms with Crippen LogP contribution in [0.5, 0.6) is 5.75 Å². The molecule has 0 atom stereocenters. The minimum Gasteiger partial charge on any atom is -0.496 e. The van der Waals surface area contributed by atoms with Gasteiger partial charge in [-0.25, -0.2) is 0 Å². The Morgan fingerprint density at radius 2 is 1.63 bits per heavy atom. The van der Waals surface area contributed by atoms with Crippen LogP contribution in [0.25, 0.3) is 5.57 Å². The quantitative estimate of drug-likeness (QED) is 0.575. The fourth-order valence-electron chi connectivity index (χ4n) is 3.03. The number of methoxy groups -OCH3 is 2. The maximum absolute atomic E-state index is 13.1. The number of amides is 2. The van der Waals surface area contributed by atoms with Crippen molar-refractivity contribution in [3.05, 3.63) is 65.9 Å². The summed E-state index contributed by atoms with van der Waals surface area (Å²) in [6.45, 7) is 0.770. The molecule has 6 nitrogen and oxygen atoms in total. The molecule has 2 aromatic rings. The van der Waals surface area contributed by atoms with Gasteiger partial charge in [0.15, 0.2) is 0 Å². The van der Waals surface area contributed by atoms with E-state index < -0.39 is 0 Å². The molecule has 0 saturated carbocycles. The standard InChI is InChI=1S/C21H22N2O4/c1-26-14-8-13-23-20(24)18(16-11-6-7-12-17(16)27-2)19(21(23)25)22-15-9-4-3-5-10-15/h3-7,9-12,22H,8,13-14H2,1-2H3. The molecule has 1 N–H and O–H groups in total. The second-order valence-electron chi connectivity index (χ2n) is 6.05. The number of rotatable bonds is 8. The minimum absolute atomic E-state index is 0.258. The summed E-state index contributed by atoms with van der Waals surface area (Å²) >= 11 is 0. The van der Waals surface area contributed by atoms with Crippen LogP contribution >= 0.6 is 0 Å². The summed E-state index contributed by atoms with van der Waals surface area (Å²) < 4.78 is 10.5. The van der Waals surface area contributed by atoms with Crippen LogP contribution in [-0.2, 0) is 14.3 Å². The second kappa shape index (κ2) is 8.51. The number of hydrogen-bond acceptors (Lipinski definition) is 5. The maximum atomic E-state index is 13.1. The molecule has 1 aliphatic heterocycles. The van der Waals surface area contributed by atoms with Crippen molar-refractivity contribution in [2.24, 2.45) is 0 Å². The van der Waals surface area contributed by atoms with E-state index in [4.69, 9.17) is 9.47 Å². The van der Waals surface area contributed by atoms with E-state index >= 15 is 0 Å². The van der Waals surface area contributed by atoms with Crippen molar-refractivity contribution in [2.75, 3.05) is 32.7 Å². The molecule has 1 aliphatic rings. The first-order chi connectivity index (χ1) is 13.2. The summed E-state index contributed by atoms with van der Waals surface area (Å²) in [6.07, 6.45) is 0.575. The summed E-state index contributed by atoms with van der Waals surface area (Å²) in [6, 6.07) is 16.5. The highest BCUT2D eigenvalue weighted by atomic mass is 16.5. The van der Waals surface area contributed by atoms with Gasteiger partial charge >= 0.3 is 0 Å². The van der Waals surface area contributed by atoms with E-state index in [-0.39, 0.29) is 17.5 Å². The largest absolute Gasteiger partial charge is 0.496 e. The van der Waals surface area contributed by atoms with Gasteiger partial charge < -0.3 is 14.8 Å². The molecule has 0 fully saturated rings. The Hall–Kier alpha value is -3.12. The lowest BCUT2D eigenvalue weighted by Crippen LogP contribution is -2.33. The van der Waals surface area contributed by atoms with Gasteiger partial charge in [0.05, 0.1) is 12.7 Å². The fourth-order valence-corrected chi connectivity index (χ4v) is 3.03. The molecule has 0 radical (unpaired) electrons. The Bertz CT molecular complexity index is 861. The van der Waals surface area contributed by atoms with Gasteiger partial charge in [0.1, 0.15) is 11.4 Å². The average Bonchev–Trinajstić information content (AvgIpc) is 2.93. The predicted molar refractivity (Wildman–Crippen MR) is 103 cm³/mol. The maximum Gasteiger partial charge on any atom is 0.278 e. The zero-order valence-corrected chi connectivity index (χ0v) is 15.4. The summed E-state index contributed by atoms with van der Waals surface area (Å²) in [5.74, 6) is -0.139. The number of para-hydroxylation sites is 2. The number of benzene rings is 2. The van der Waals surface area contributed by atoms with Crippen molar-refractivity contribution in [3.8, 4) is 5.75 Å². The number of carbonyl (C=O) groups is 2. The molecule has 140 valence electrons. The number of imide groups is 1. The zero-order valence-electron chi connectivity index (χ0n) is 15.4. The fraction of sp³-hybridized carbons (Fsp3) is 0.238. The topological polar surface area (TPSA) is 67.9 Å². The number of hydrogen-bond donors (Lipinski definition) is 1. The van der Waals surface area contributed by atoms with E-state index in [0.29, 0.717) is 36.5 Å². The van der Waals surface area contributed by atoms with Crippen molar-refractivity contribution in [1.29, 1.82) is 0 Å². The van der Waals surface area contributed by atoms with Crippen molar-refractivity contribution in [2.45, 2.75) is 6.42 Å². The van der Waals surface area contributed by atoms with Crippen molar-refractivity contribution in [3.63, 3.8) is 0 Å². The van der Waals surface area contributed by atoms with Crippen LogP contribution < -0.4 is 10.1 Å². The zero-order chi connectivity index (χ0) is 19.2. The molecule has 0 bridgehead atoms. The summed E-state index contributed by atoms with van der Waals surface area (Å²) in [5, 5.41) is 3.12. The number of nitrogens with one attached hydrogen (secondary N) is 1. The van der Waals surface area contributed by atoms with Gasteiger partial charge in [0.2, 0.25) is 0 Å². The van der Waals surface area contributed by atoms with Crippen LogP contribution in [0.2, 0.25) is 0 Å². The summed E-state index contributed by atoms with van der Waals surface area (Å²) in [4.78, 5) is 27.3. The van der Waals surface area contributed by atoms with Crippen LogP contribution in [0.4, 0.5) is 5.69 Å². The Morgan fingerprint density at radius 1 is 0.926 bits per heavy atom. The molecular weight excluding hydrogens is 344 g/mol. The highest BCUT2D eigenvalue weighted by Gasteiger charge is 2.39. The monoisotopic (exact) mass is 366 g/mol. The van der Waals surface area contributed by atoms with Gasteiger partial charge in [-0.2, -0.15) is 0 Å². The molecule has 0 aliphatic carbocycles. The van der Waals surface area contributed by atoms with Gasteiger partial charge in [0.25, 0.3) is 11.8 Å². The molecular formula is C21H22N2O4. The smallest absolute Gasteiger partial charge is 0.278 e. The number of ether oxygens (including phenoxy) is 2. The molecule has 0 spiro atoms. The van der Waals surface area contributed by atoms with E-state index in [2.05, 4.69) is 5.32 Å². The van der Waals surface area contributed by atoms with Gasteiger partial charge in [0, 0.05) is 31.5 Å². The minimum atomic E-state index is -0.346. The van der Waals surface area contributed by atoms with Crippen molar-refractivity contribution < 1.29 is 19.1 Å². The van der Waals surface area contributed by atoms with Crippen LogP contribution in [0.1, 0.15) is 12.0 Å². The molecule has 3 rings (SSSR count). The third-order valence-electron chi connectivity index (χ3n) is 4.32. The van der Waals surface area contributed by atoms with Gasteiger partial charge in [-0.1, -0.05) is 36.4 Å². The van der Waals surface area contributed by atoms with Crippen LogP contribution in [-0.4, -0.2) is 44.1 Å². The molecule has 0 unspecified atom stereocenters. The highest BCUT2D eigenvalue weighted by molar-refractivity contribution is 6.37. The number of carbonyl (C=O) groups excluding carboxylic acids is 2. The lowest BCUT2D eigenvalue weighted by Gasteiger charge is -2.15. The second-order valence-corrected chi connectivity index (χ2v) is 6.05. The Morgan fingerprint density at radius 3 is 2.33 bits per heavy atom. The lowest BCUT2D eigenvalue weighted by molar-refractivity contribution is -0.137.